The van der Waals surface area contributed by atoms with Crippen LogP contribution in [-0.2, 0) is 11.3 Å². The fourth-order valence-electron chi connectivity index (χ4n) is 1.91. The summed E-state index contributed by atoms with van der Waals surface area (Å²) < 4.78 is 5.22. The van der Waals surface area contributed by atoms with Crippen molar-refractivity contribution in [3.05, 3.63) is 63.7 Å². The maximum Gasteiger partial charge on any atom is 0.338 e. The standard InChI is InChI=1S/C16H15NO4S2/c1-22-13-6-3-11(4-7-13)10-21-16(18)12-5-8-15(23-2)14(9-12)17(19)20/h3-9H,10H2,1-2H3. The molecule has 7 heteroatoms. The predicted molar refractivity (Wildman–Crippen MR) is 92.2 cm³/mol. The number of nitrogens with zero attached hydrogens (tertiary/aromatic N) is 1. The molecule has 0 spiro atoms. The van der Waals surface area contributed by atoms with Gasteiger partial charge < -0.3 is 4.74 Å². The average Bonchev–Trinajstić information content (AvgIpc) is 2.59. The van der Waals surface area contributed by atoms with Crippen molar-refractivity contribution in [1.29, 1.82) is 0 Å². The molecule has 0 bridgehead atoms. The zero-order valence-corrected chi connectivity index (χ0v) is 14.3. The predicted octanol–water partition coefficient (Wildman–Crippen LogP) is 4.40. The molecule has 0 aromatic heterocycles. The van der Waals surface area contributed by atoms with Crippen molar-refractivity contribution in [3.63, 3.8) is 0 Å². The summed E-state index contributed by atoms with van der Waals surface area (Å²) in [5.74, 6) is -0.574. The molecule has 0 aliphatic carbocycles. The van der Waals surface area contributed by atoms with E-state index in [1.54, 1.807) is 24.1 Å². The van der Waals surface area contributed by atoms with Crippen LogP contribution >= 0.6 is 23.5 Å². The quantitative estimate of drug-likeness (QED) is 0.333. The molecular weight excluding hydrogens is 334 g/mol. The normalized spacial score (nSPS) is 10.3. The third-order valence-electron chi connectivity index (χ3n) is 3.14. The lowest BCUT2D eigenvalue weighted by atomic mass is 10.2. The number of carbonyl (C=O) groups is 1. The number of esters is 1. The Morgan fingerprint density at radius 3 is 2.39 bits per heavy atom. The van der Waals surface area contributed by atoms with Crippen LogP contribution in [0.4, 0.5) is 5.69 Å². The van der Waals surface area contributed by atoms with E-state index in [4.69, 9.17) is 4.74 Å². The number of carbonyl (C=O) groups excluding carboxylic acids is 1. The van der Waals surface area contributed by atoms with Gasteiger partial charge in [0.1, 0.15) is 6.61 Å². The third-order valence-corrected chi connectivity index (χ3v) is 4.67. The molecule has 2 aromatic rings. The minimum absolute atomic E-state index is 0.0868. The second-order valence-electron chi connectivity index (χ2n) is 4.57. The lowest BCUT2D eigenvalue weighted by molar-refractivity contribution is -0.387. The molecule has 0 atom stereocenters. The van der Waals surface area contributed by atoms with Gasteiger partial charge in [0.05, 0.1) is 15.4 Å². The van der Waals surface area contributed by atoms with Crippen molar-refractivity contribution in [2.75, 3.05) is 12.5 Å². The summed E-state index contributed by atoms with van der Waals surface area (Å²) >= 11 is 2.89. The van der Waals surface area contributed by atoms with Gasteiger partial charge in [0, 0.05) is 11.0 Å². The van der Waals surface area contributed by atoms with E-state index in [1.807, 2.05) is 30.5 Å². The van der Waals surface area contributed by atoms with Gasteiger partial charge in [0.15, 0.2) is 0 Å². The molecule has 0 fully saturated rings. The van der Waals surface area contributed by atoms with E-state index in [1.165, 1.54) is 23.9 Å². The first-order valence-electron chi connectivity index (χ1n) is 6.67. The zero-order valence-electron chi connectivity index (χ0n) is 12.6. The highest BCUT2D eigenvalue weighted by atomic mass is 32.2. The third kappa shape index (κ3) is 4.49. The highest BCUT2D eigenvalue weighted by Gasteiger charge is 2.17. The van der Waals surface area contributed by atoms with Crippen molar-refractivity contribution in [3.8, 4) is 0 Å². The molecule has 23 heavy (non-hydrogen) atoms. The fraction of sp³-hybridized carbons (Fsp3) is 0.188. The van der Waals surface area contributed by atoms with E-state index < -0.39 is 10.9 Å². The van der Waals surface area contributed by atoms with Crippen LogP contribution in [0, 0.1) is 10.1 Å². The van der Waals surface area contributed by atoms with Crippen LogP contribution in [0.2, 0.25) is 0 Å². The number of thioether (sulfide) groups is 2. The summed E-state index contributed by atoms with van der Waals surface area (Å²) in [5.41, 5.74) is 0.956. The first-order valence-corrected chi connectivity index (χ1v) is 9.12. The Morgan fingerprint density at radius 2 is 1.83 bits per heavy atom. The molecule has 5 nitrogen and oxygen atoms in total. The summed E-state index contributed by atoms with van der Waals surface area (Å²) in [7, 11) is 0. The van der Waals surface area contributed by atoms with Gasteiger partial charge in [0.25, 0.3) is 5.69 Å². The van der Waals surface area contributed by atoms with Gasteiger partial charge in [0.2, 0.25) is 0 Å². The molecule has 0 amide bonds. The lowest BCUT2D eigenvalue weighted by Gasteiger charge is -2.07. The molecule has 0 aliphatic rings. The van der Waals surface area contributed by atoms with E-state index in [0.29, 0.717) is 4.90 Å². The van der Waals surface area contributed by atoms with Crippen LogP contribution in [0.5, 0.6) is 0 Å². The summed E-state index contributed by atoms with van der Waals surface area (Å²) in [4.78, 5) is 24.2. The minimum atomic E-state index is -0.574. The first-order chi connectivity index (χ1) is 11.0. The molecule has 0 radical (unpaired) electrons. The van der Waals surface area contributed by atoms with Gasteiger partial charge in [-0.3, -0.25) is 10.1 Å². The van der Waals surface area contributed by atoms with Gasteiger partial charge in [-0.1, -0.05) is 12.1 Å². The number of rotatable bonds is 6. The van der Waals surface area contributed by atoms with Gasteiger partial charge in [-0.05, 0) is 42.3 Å². The molecule has 0 aliphatic heterocycles. The number of benzene rings is 2. The summed E-state index contributed by atoms with van der Waals surface area (Å²) in [6.07, 6.45) is 3.73. The van der Waals surface area contributed by atoms with Crippen molar-refractivity contribution in [1.82, 2.24) is 0 Å². The van der Waals surface area contributed by atoms with Crippen molar-refractivity contribution in [2.45, 2.75) is 16.4 Å². The average molecular weight is 349 g/mol. The summed E-state index contributed by atoms with van der Waals surface area (Å²) in [5, 5.41) is 11.0. The Labute approximate surface area is 142 Å². The number of ether oxygens (including phenoxy) is 1. The molecular formula is C16H15NO4S2. The van der Waals surface area contributed by atoms with Gasteiger partial charge in [-0.2, -0.15) is 0 Å². The Morgan fingerprint density at radius 1 is 1.13 bits per heavy atom. The molecule has 0 N–H and O–H groups in total. The molecule has 120 valence electrons. The number of nitro benzene ring substituents is 1. The zero-order chi connectivity index (χ0) is 16.8. The maximum absolute atomic E-state index is 12.1. The molecule has 0 saturated heterocycles. The van der Waals surface area contributed by atoms with Crippen molar-refractivity contribution >= 4 is 35.2 Å². The van der Waals surface area contributed by atoms with Gasteiger partial charge >= 0.3 is 5.97 Å². The Hall–Kier alpha value is -1.99. The van der Waals surface area contributed by atoms with E-state index in [0.717, 1.165) is 10.5 Å². The van der Waals surface area contributed by atoms with E-state index >= 15 is 0 Å². The van der Waals surface area contributed by atoms with Crippen molar-refractivity contribution in [2.24, 2.45) is 0 Å². The van der Waals surface area contributed by atoms with Crippen LogP contribution in [0.25, 0.3) is 0 Å². The second-order valence-corrected chi connectivity index (χ2v) is 6.30. The van der Waals surface area contributed by atoms with E-state index in [2.05, 4.69) is 0 Å². The monoisotopic (exact) mass is 349 g/mol. The van der Waals surface area contributed by atoms with Crippen LogP contribution < -0.4 is 0 Å². The van der Waals surface area contributed by atoms with Gasteiger partial charge in [-0.15, -0.1) is 23.5 Å². The van der Waals surface area contributed by atoms with Crippen LogP contribution in [0.15, 0.2) is 52.3 Å². The second kappa shape index (κ2) is 8.03. The van der Waals surface area contributed by atoms with E-state index in [9.17, 15) is 14.9 Å². The highest BCUT2D eigenvalue weighted by Crippen LogP contribution is 2.28. The smallest absolute Gasteiger partial charge is 0.338 e. The lowest BCUT2D eigenvalue weighted by Crippen LogP contribution is -2.06. The summed E-state index contributed by atoms with van der Waals surface area (Å²) in [6, 6.07) is 12.0. The topological polar surface area (TPSA) is 69.4 Å². The fourth-order valence-corrected chi connectivity index (χ4v) is 2.87. The summed E-state index contributed by atoms with van der Waals surface area (Å²) in [6.45, 7) is 0.131. The maximum atomic E-state index is 12.1. The molecule has 0 saturated carbocycles. The largest absolute Gasteiger partial charge is 0.457 e. The number of nitro groups is 1. The van der Waals surface area contributed by atoms with Crippen molar-refractivity contribution < 1.29 is 14.5 Å². The Balaban J connectivity index is 2.08. The van der Waals surface area contributed by atoms with Crippen LogP contribution in [0.1, 0.15) is 15.9 Å². The number of hydrogen-bond acceptors (Lipinski definition) is 6. The first kappa shape index (κ1) is 17.4. The Kier molecular flexibility index (Phi) is 6.06. The molecule has 0 heterocycles. The van der Waals surface area contributed by atoms with E-state index in [-0.39, 0.29) is 17.9 Å². The molecule has 2 aromatic carbocycles. The molecule has 2 rings (SSSR count). The Bertz CT molecular complexity index is 717. The minimum Gasteiger partial charge on any atom is -0.457 e. The number of hydrogen-bond donors (Lipinski definition) is 0. The molecule has 0 unspecified atom stereocenters. The van der Waals surface area contributed by atoms with Crippen LogP contribution in [-0.4, -0.2) is 23.4 Å². The van der Waals surface area contributed by atoms with Crippen LogP contribution in [0.3, 0.4) is 0 Å². The van der Waals surface area contributed by atoms with Gasteiger partial charge in [-0.25, -0.2) is 4.79 Å². The SMILES string of the molecule is CSc1ccc(COC(=O)c2ccc(SC)c([N+](=O)[O-])c2)cc1. The highest BCUT2D eigenvalue weighted by molar-refractivity contribution is 7.98.